The summed E-state index contributed by atoms with van der Waals surface area (Å²) in [6.45, 7) is 2.38. The van der Waals surface area contributed by atoms with E-state index in [0.29, 0.717) is 12.4 Å². The smallest absolute Gasteiger partial charge is 0.338 e. The number of benzene rings is 1. The minimum atomic E-state index is -0.477. The molecule has 1 aromatic rings. The van der Waals surface area contributed by atoms with E-state index >= 15 is 0 Å². The van der Waals surface area contributed by atoms with Crippen LogP contribution in [-0.2, 0) is 14.3 Å². The molecule has 0 spiro atoms. The molecule has 5 nitrogen and oxygen atoms in total. The predicted octanol–water partition coefficient (Wildman–Crippen LogP) is 1.42. The van der Waals surface area contributed by atoms with E-state index in [1.165, 1.54) is 0 Å². The maximum absolute atomic E-state index is 11.4. The van der Waals surface area contributed by atoms with E-state index in [0.717, 1.165) is 11.3 Å². The van der Waals surface area contributed by atoms with E-state index in [1.807, 2.05) is 18.2 Å². The minimum Gasteiger partial charge on any atom is -0.464 e. The molecular formula is C12H12O5. The van der Waals surface area contributed by atoms with Crippen molar-refractivity contribution < 1.29 is 23.7 Å². The molecule has 1 saturated heterocycles. The second-order valence-corrected chi connectivity index (χ2v) is 3.84. The summed E-state index contributed by atoms with van der Waals surface area (Å²) in [5.41, 5.74) is 0.910. The van der Waals surface area contributed by atoms with Gasteiger partial charge in [-0.05, 0) is 24.6 Å². The van der Waals surface area contributed by atoms with Gasteiger partial charge in [0.05, 0.1) is 6.61 Å². The van der Waals surface area contributed by atoms with Gasteiger partial charge in [0.15, 0.2) is 17.6 Å². The molecule has 0 saturated carbocycles. The highest BCUT2D eigenvalue weighted by Crippen LogP contribution is 2.43. The number of fused-ring (bicyclic) bond motifs is 1. The van der Waals surface area contributed by atoms with Gasteiger partial charge in [0.1, 0.15) is 6.10 Å². The quantitative estimate of drug-likeness (QED) is 0.586. The lowest BCUT2D eigenvalue weighted by Crippen LogP contribution is -2.11. The van der Waals surface area contributed by atoms with E-state index < -0.39 is 6.10 Å². The molecule has 3 rings (SSSR count). The molecule has 1 fully saturated rings. The first kappa shape index (κ1) is 10.4. The average Bonchev–Trinajstić information content (AvgIpc) is 3.00. The second-order valence-electron chi connectivity index (χ2n) is 3.84. The van der Waals surface area contributed by atoms with Crippen LogP contribution in [0.1, 0.15) is 18.6 Å². The lowest BCUT2D eigenvalue weighted by atomic mass is 10.1. The van der Waals surface area contributed by atoms with E-state index in [2.05, 4.69) is 0 Å². The highest BCUT2D eigenvalue weighted by molar-refractivity contribution is 5.78. The van der Waals surface area contributed by atoms with Crippen molar-refractivity contribution in [1.82, 2.24) is 0 Å². The van der Waals surface area contributed by atoms with Crippen LogP contribution in [0.25, 0.3) is 0 Å². The fraction of sp³-hybridized carbons (Fsp3) is 0.417. The van der Waals surface area contributed by atoms with Crippen molar-refractivity contribution in [3.05, 3.63) is 23.8 Å². The fourth-order valence-corrected chi connectivity index (χ4v) is 1.86. The largest absolute Gasteiger partial charge is 0.464 e. The summed E-state index contributed by atoms with van der Waals surface area (Å²) in [6.07, 6.45) is -0.695. The zero-order chi connectivity index (χ0) is 11.8. The molecule has 0 N–H and O–H groups in total. The highest BCUT2D eigenvalue weighted by atomic mass is 16.7. The van der Waals surface area contributed by atoms with Gasteiger partial charge in [0.2, 0.25) is 6.79 Å². The monoisotopic (exact) mass is 236 g/mol. The number of esters is 1. The molecule has 5 heteroatoms. The van der Waals surface area contributed by atoms with E-state index in [-0.39, 0.29) is 18.9 Å². The van der Waals surface area contributed by atoms with Gasteiger partial charge in [-0.15, -0.1) is 0 Å². The minimum absolute atomic E-state index is 0.219. The first-order valence-electron chi connectivity index (χ1n) is 5.51. The zero-order valence-electron chi connectivity index (χ0n) is 9.34. The summed E-state index contributed by atoms with van der Waals surface area (Å²) in [4.78, 5) is 11.4. The molecule has 2 aliphatic rings. The Labute approximate surface area is 98.2 Å². The van der Waals surface area contributed by atoms with Crippen LogP contribution in [0, 0.1) is 0 Å². The van der Waals surface area contributed by atoms with Crippen LogP contribution in [0.15, 0.2) is 18.2 Å². The van der Waals surface area contributed by atoms with Gasteiger partial charge in [0.25, 0.3) is 0 Å². The standard InChI is InChI=1S/C12H12O5/c1-2-14-12(13)11-10(17-11)7-3-4-8-9(5-7)16-6-15-8/h3-5,10-11H,2,6H2,1H3. The molecule has 17 heavy (non-hydrogen) atoms. The van der Waals surface area contributed by atoms with Gasteiger partial charge < -0.3 is 18.9 Å². The summed E-state index contributed by atoms with van der Waals surface area (Å²) in [5.74, 6) is 1.11. The molecule has 2 unspecified atom stereocenters. The number of epoxide rings is 1. The van der Waals surface area contributed by atoms with Crippen LogP contribution in [0.3, 0.4) is 0 Å². The summed E-state index contributed by atoms with van der Waals surface area (Å²) in [6, 6.07) is 5.53. The summed E-state index contributed by atoms with van der Waals surface area (Å²) in [7, 11) is 0. The van der Waals surface area contributed by atoms with Crippen molar-refractivity contribution >= 4 is 5.97 Å². The molecule has 0 aliphatic carbocycles. The van der Waals surface area contributed by atoms with Crippen LogP contribution >= 0.6 is 0 Å². The Bertz CT molecular complexity index is 456. The molecule has 0 amide bonds. The Kier molecular flexibility index (Phi) is 2.40. The number of rotatable bonds is 3. The third-order valence-corrected chi connectivity index (χ3v) is 2.74. The molecule has 0 aromatic heterocycles. The number of hydrogen-bond donors (Lipinski definition) is 0. The van der Waals surface area contributed by atoms with E-state index in [1.54, 1.807) is 6.92 Å². The molecule has 1 aromatic carbocycles. The molecular weight excluding hydrogens is 224 g/mol. The zero-order valence-corrected chi connectivity index (χ0v) is 9.34. The average molecular weight is 236 g/mol. The van der Waals surface area contributed by atoms with Gasteiger partial charge in [-0.3, -0.25) is 0 Å². The van der Waals surface area contributed by atoms with Gasteiger partial charge in [-0.2, -0.15) is 0 Å². The maximum atomic E-state index is 11.4. The molecule has 0 radical (unpaired) electrons. The van der Waals surface area contributed by atoms with E-state index in [9.17, 15) is 4.79 Å². The summed E-state index contributed by atoms with van der Waals surface area (Å²) >= 11 is 0. The third kappa shape index (κ3) is 1.82. The van der Waals surface area contributed by atoms with Gasteiger partial charge in [0, 0.05) is 0 Å². The van der Waals surface area contributed by atoms with Crippen molar-refractivity contribution in [1.29, 1.82) is 0 Å². The predicted molar refractivity (Wildman–Crippen MR) is 56.8 cm³/mol. The Morgan fingerprint density at radius 3 is 3.06 bits per heavy atom. The Morgan fingerprint density at radius 2 is 2.24 bits per heavy atom. The molecule has 2 atom stereocenters. The molecule has 90 valence electrons. The van der Waals surface area contributed by atoms with Crippen molar-refractivity contribution in [3.63, 3.8) is 0 Å². The molecule has 2 aliphatic heterocycles. The Balaban J connectivity index is 1.73. The molecule has 2 heterocycles. The number of hydrogen-bond acceptors (Lipinski definition) is 5. The second kappa shape index (κ2) is 3.92. The van der Waals surface area contributed by atoms with Gasteiger partial charge >= 0.3 is 5.97 Å². The number of ether oxygens (including phenoxy) is 4. The van der Waals surface area contributed by atoms with Crippen LogP contribution in [0.5, 0.6) is 11.5 Å². The lowest BCUT2D eigenvalue weighted by Gasteiger charge is -1.99. The highest BCUT2D eigenvalue weighted by Gasteiger charge is 2.47. The first-order valence-corrected chi connectivity index (χ1v) is 5.51. The van der Waals surface area contributed by atoms with Crippen LogP contribution in [0.4, 0.5) is 0 Å². The van der Waals surface area contributed by atoms with Crippen LogP contribution in [-0.4, -0.2) is 25.5 Å². The number of carbonyl (C=O) groups excluding carboxylic acids is 1. The SMILES string of the molecule is CCOC(=O)C1OC1c1ccc2c(c1)OCO2. The Hall–Kier alpha value is -1.75. The summed E-state index contributed by atoms with van der Waals surface area (Å²) < 4.78 is 20.7. The van der Waals surface area contributed by atoms with Crippen molar-refractivity contribution in [3.8, 4) is 11.5 Å². The van der Waals surface area contributed by atoms with Gasteiger partial charge in [-0.25, -0.2) is 4.79 Å². The topological polar surface area (TPSA) is 57.3 Å². The van der Waals surface area contributed by atoms with Crippen molar-refractivity contribution in [2.75, 3.05) is 13.4 Å². The van der Waals surface area contributed by atoms with Crippen molar-refractivity contribution in [2.24, 2.45) is 0 Å². The lowest BCUT2D eigenvalue weighted by molar-refractivity contribution is -0.144. The van der Waals surface area contributed by atoms with E-state index in [4.69, 9.17) is 18.9 Å². The maximum Gasteiger partial charge on any atom is 0.338 e. The Morgan fingerprint density at radius 1 is 1.41 bits per heavy atom. The van der Waals surface area contributed by atoms with Crippen molar-refractivity contribution in [2.45, 2.75) is 19.1 Å². The summed E-state index contributed by atoms with van der Waals surface area (Å²) in [5, 5.41) is 0. The van der Waals surface area contributed by atoms with Crippen LogP contribution in [0.2, 0.25) is 0 Å². The first-order chi connectivity index (χ1) is 8.29. The third-order valence-electron chi connectivity index (χ3n) is 2.74. The molecule has 0 bridgehead atoms. The number of carbonyl (C=O) groups is 1. The van der Waals surface area contributed by atoms with Crippen LogP contribution < -0.4 is 9.47 Å². The van der Waals surface area contributed by atoms with Gasteiger partial charge in [-0.1, -0.05) is 6.07 Å². The fourth-order valence-electron chi connectivity index (χ4n) is 1.86. The normalized spacial score (nSPS) is 24.5.